The third kappa shape index (κ3) is 4.90. The van der Waals surface area contributed by atoms with Crippen molar-refractivity contribution in [2.24, 2.45) is 9.98 Å². The van der Waals surface area contributed by atoms with Crippen LogP contribution >= 0.6 is 0 Å². The molecule has 7 heteroatoms. The summed E-state index contributed by atoms with van der Waals surface area (Å²) in [5.41, 5.74) is 4.33. The summed E-state index contributed by atoms with van der Waals surface area (Å²) in [6, 6.07) is 22.2. The van der Waals surface area contributed by atoms with Crippen LogP contribution in [-0.4, -0.2) is 34.3 Å². The molecule has 3 heterocycles. The Labute approximate surface area is 228 Å². The fourth-order valence-electron chi connectivity index (χ4n) is 6.35. The lowest BCUT2D eigenvalue weighted by atomic mass is 9.79. The summed E-state index contributed by atoms with van der Waals surface area (Å²) >= 11 is 0. The molecule has 0 spiro atoms. The second-order valence-electron chi connectivity index (χ2n) is 11.9. The first-order valence-corrected chi connectivity index (χ1v) is 13.4. The van der Waals surface area contributed by atoms with E-state index >= 15 is 0 Å². The molecule has 6 rings (SSSR count). The average molecular weight is 522 g/mol. The fourth-order valence-corrected chi connectivity index (χ4v) is 6.35. The van der Waals surface area contributed by atoms with Crippen molar-refractivity contribution in [1.29, 1.82) is 0 Å². The van der Waals surface area contributed by atoms with Crippen molar-refractivity contribution in [2.75, 3.05) is 12.4 Å². The molecule has 4 N–H and O–H groups in total. The highest BCUT2D eigenvalue weighted by molar-refractivity contribution is 6.01. The van der Waals surface area contributed by atoms with Gasteiger partial charge in [-0.1, -0.05) is 30.3 Å². The van der Waals surface area contributed by atoms with Gasteiger partial charge in [0.25, 0.3) is 0 Å². The minimum atomic E-state index is 0.0368. The van der Waals surface area contributed by atoms with Crippen molar-refractivity contribution in [3.05, 3.63) is 94.4 Å². The molecule has 3 aromatic carbocycles. The van der Waals surface area contributed by atoms with Crippen molar-refractivity contribution in [1.82, 2.24) is 10.3 Å². The highest BCUT2D eigenvalue weighted by Crippen LogP contribution is 2.40. The molecule has 1 aromatic heterocycles. The van der Waals surface area contributed by atoms with Crippen LogP contribution in [-0.2, 0) is 0 Å². The number of benzene rings is 3. The molecule has 0 aliphatic carbocycles. The van der Waals surface area contributed by atoms with Gasteiger partial charge in [0.15, 0.2) is 11.7 Å². The van der Waals surface area contributed by atoms with Crippen LogP contribution in [0, 0.1) is 0 Å². The monoisotopic (exact) mass is 521 g/mol. The Hall–Kier alpha value is -4.10. The highest BCUT2D eigenvalue weighted by Gasteiger charge is 2.37. The van der Waals surface area contributed by atoms with Gasteiger partial charge in [-0.05, 0) is 76.4 Å². The number of rotatable bonds is 5. The molecule has 2 aliphatic rings. The van der Waals surface area contributed by atoms with Gasteiger partial charge in [0.2, 0.25) is 0 Å². The fraction of sp³-hybridized carbons (Fsp3) is 0.312. The lowest BCUT2D eigenvalue weighted by molar-refractivity contribution is 0.170. The Morgan fingerprint density at radius 2 is 1.64 bits per heavy atom. The maximum atomic E-state index is 11.3. The normalized spacial score (nSPS) is 19.2. The summed E-state index contributed by atoms with van der Waals surface area (Å²) in [4.78, 5) is 12.9. The Kier molecular flexibility index (Phi) is 5.99. The highest BCUT2D eigenvalue weighted by atomic mass is 16.5. The van der Waals surface area contributed by atoms with Crippen molar-refractivity contribution >= 4 is 22.2 Å². The second kappa shape index (κ2) is 9.27. The van der Waals surface area contributed by atoms with Gasteiger partial charge in [0, 0.05) is 45.3 Å². The number of nitrogens with zero attached hydrogens (tertiary/aromatic N) is 2. The summed E-state index contributed by atoms with van der Waals surface area (Å²) in [5, 5.41) is 21.2. The lowest BCUT2D eigenvalue weighted by Crippen LogP contribution is -2.60. The van der Waals surface area contributed by atoms with E-state index in [0.717, 1.165) is 57.0 Å². The van der Waals surface area contributed by atoms with E-state index in [1.807, 2.05) is 54.6 Å². The summed E-state index contributed by atoms with van der Waals surface area (Å²) in [7, 11) is 1.64. The minimum absolute atomic E-state index is 0.0368. The van der Waals surface area contributed by atoms with E-state index in [1.54, 1.807) is 7.11 Å². The molecule has 0 bridgehead atoms. The Bertz CT molecular complexity index is 1700. The zero-order valence-electron chi connectivity index (χ0n) is 23.1. The summed E-state index contributed by atoms with van der Waals surface area (Å²) in [6.07, 6.45) is 2.02. The Morgan fingerprint density at radius 3 is 2.36 bits per heavy atom. The zero-order valence-corrected chi connectivity index (χ0v) is 23.1. The van der Waals surface area contributed by atoms with Crippen molar-refractivity contribution in [3.63, 3.8) is 0 Å². The minimum Gasteiger partial charge on any atom is -0.497 e. The van der Waals surface area contributed by atoms with E-state index in [2.05, 4.69) is 55.4 Å². The topological polar surface area (TPSA) is 94.0 Å². The van der Waals surface area contributed by atoms with Crippen LogP contribution in [0.25, 0.3) is 16.5 Å². The van der Waals surface area contributed by atoms with Gasteiger partial charge in [0.1, 0.15) is 5.75 Å². The number of hydrogen-bond acceptors (Lipinski definition) is 6. The van der Waals surface area contributed by atoms with E-state index in [9.17, 15) is 5.11 Å². The molecule has 200 valence electrons. The molecule has 0 saturated carbocycles. The molecule has 1 saturated heterocycles. The first-order chi connectivity index (χ1) is 18.6. The standard InChI is InChI=1S/C32H35N5O2/c1-31(2)17-21(18-32(3,4)37-31)33-20-11-13-24-23(15-20)28(30(38)36-24)27(19-9-7-6-8-10-19)29-34-25-14-12-22(39-5)16-26(25)35-29/h6-16,21,33,36-38H,17-18H2,1-5H3/b29-27+. The number of piperidine rings is 1. The number of aromatic amines is 1. The van der Waals surface area contributed by atoms with Crippen molar-refractivity contribution in [2.45, 2.75) is 57.7 Å². The molecule has 2 aliphatic heterocycles. The maximum absolute atomic E-state index is 11.3. The van der Waals surface area contributed by atoms with E-state index in [4.69, 9.17) is 14.7 Å². The largest absolute Gasteiger partial charge is 0.497 e. The van der Waals surface area contributed by atoms with E-state index in [0.29, 0.717) is 17.4 Å². The molecule has 1 fully saturated rings. The molecule has 0 unspecified atom stereocenters. The first-order valence-electron chi connectivity index (χ1n) is 13.4. The number of fused-ring (bicyclic) bond motifs is 2. The van der Waals surface area contributed by atoms with Gasteiger partial charge in [0.05, 0.1) is 23.4 Å². The average Bonchev–Trinajstić information content (AvgIpc) is 3.43. The zero-order chi connectivity index (χ0) is 27.4. The second-order valence-corrected chi connectivity index (χ2v) is 11.9. The van der Waals surface area contributed by atoms with Gasteiger partial charge >= 0.3 is 0 Å². The van der Waals surface area contributed by atoms with Crippen LogP contribution in [0.15, 0.2) is 82.5 Å². The number of H-pyrrole nitrogens is 1. The summed E-state index contributed by atoms with van der Waals surface area (Å²) < 4.78 is 5.40. The molecular weight excluding hydrogens is 486 g/mol. The van der Waals surface area contributed by atoms with Gasteiger partial charge < -0.3 is 25.5 Å². The molecular formula is C32H35N5O2. The molecule has 0 radical (unpaired) electrons. The molecule has 0 atom stereocenters. The van der Waals surface area contributed by atoms with Gasteiger partial charge in [-0.25, -0.2) is 9.98 Å². The van der Waals surface area contributed by atoms with Crippen LogP contribution in [0.4, 0.5) is 5.69 Å². The first kappa shape index (κ1) is 25.2. The third-order valence-electron chi connectivity index (χ3n) is 7.51. The maximum Gasteiger partial charge on any atom is 0.197 e. The predicted molar refractivity (Wildman–Crippen MR) is 156 cm³/mol. The number of nitrogens with one attached hydrogen (secondary N) is 3. The Morgan fingerprint density at radius 1 is 0.923 bits per heavy atom. The number of methoxy groups -OCH3 is 1. The number of ether oxygens (including phenoxy) is 1. The van der Waals surface area contributed by atoms with E-state index in [1.165, 1.54) is 0 Å². The quantitative estimate of drug-likeness (QED) is 0.288. The van der Waals surface area contributed by atoms with E-state index < -0.39 is 0 Å². The lowest BCUT2D eigenvalue weighted by Gasteiger charge is -2.47. The van der Waals surface area contributed by atoms with E-state index in [-0.39, 0.29) is 17.0 Å². The number of anilines is 1. The number of aromatic hydroxyl groups is 1. The van der Waals surface area contributed by atoms with Crippen molar-refractivity contribution in [3.8, 4) is 11.6 Å². The number of aromatic nitrogens is 1. The third-order valence-corrected chi connectivity index (χ3v) is 7.51. The van der Waals surface area contributed by atoms with Crippen LogP contribution in [0.5, 0.6) is 11.6 Å². The summed E-state index contributed by atoms with van der Waals surface area (Å²) in [6.45, 7) is 9.03. The molecule has 39 heavy (non-hydrogen) atoms. The molecule has 0 amide bonds. The van der Waals surface area contributed by atoms with Gasteiger partial charge in [-0.15, -0.1) is 0 Å². The van der Waals surface area contributed by atoms with Gasteiger partial charge in [-0.2, -0.15) is 0 Å². The Balaban J connectivity index is 1.49. The smallest absolute Gasteiger partial charge is 0.197 e. The molecule has 4 aromatic rings. The predicted octanol–water partition coefficient (Wildman–Crippen LogP) is 5.27. The molecule has 7 nitrogen and oxygen atoms in total. The number of hydrogen-bond donors (Lipinski definition) is 4. The van der Waals surface area contributed by atoms with Crippen LogP contribution in [0.3, 0.4) is 0 Å². The van der Waals surface area contributed by atoms with Crippen LogP contribution in [0.2, 0.25) is 0 Å². The van der Waals surface area contributed by atoms with Crippen molar-refractivity contribution < 1.29 is 9.84 Å². The summed E-state index contributed by atoms with van der Waals surface area (Å²) in [5.74, 6) is 1.38. The van der Waals surface area contributed by atoms with Gasteiger partial charge in [-0.3, -0.25) is 0 Å². The van der Waals surface area contributed by atoms with Crippen LogP contribution in [0.1, 0.15) is 51.7 Å². The SMILES string of the molecule is COc1ccc2c(c1)=N/C(=C(\c1ccccc1)c1c(O)[nH]c3ccc(NC4CC(C)(C)NC(C)(C)C4)cc13)N=2. The van der Waals surface area contributed by atoms with Crippen LogP contribution < -0.4 is 26.1 Å².